The monoisotopic (exact) mass is 339 g/mol. The molecule has 3 rings (SSSR count). The summed E-state index contributed by atoms with van der Waals surface area (Å²) in [5.41, 5.74) is 0.0959. The van der Waals surface area contributed by atoms with Gasteiger partial charge in [-0.25, -0.2) is 4.98 Å². The number of ether oxygens (including phenoxy) is 1. The number of morpholine rings is 1. The van der Waals surface area contributed by atoms with Crippen LogP contribution in [0.4, 0.5) is 0 Å². The van der Waals surface area contributed by atoms with Gasteiger partial charge in [0, 0.05) is 31.1 Å². The maximum Gasteiger partial charge on any atom is 0.262 e. The molecule has 1 aliphatic rings. The minimum atomic E-state index is 0.0959. The summed E-state index contributed by atoms with van der Waals surface area (Å²) in [5, 5.41) is 1.58. The molecule has 0 spiro atoms. The molecule has 0 radical (unpaired) electrons. The third-order valence-corrected chi connectivity index (χ3v) is 5.79. The van der Waals surface area contributed by atoms with Crippen LogP contribution < -0.4 is 5.56 Å². The first kappa shape index (κ1) is 16.0. The van der Waals surface area contributed by atoms with Crippen molar-refractivity contribution in [2.75, 3.05) is 39.1 Å². The summed E-state index contributed by atoms with van der Waals surface area (Å²) < 4.78 is 7.20. The summed E-state index contributed by atoms with van der Waals surface area (Å²) in [6.07, 6.45) is 2.93. The van der Waals surface area contributed by atoms with E-state index in [2.05, 4.69) is 16.8 Å². The third kappa shape index (κ3) is 3.22. The standard InChI is InChI=1S/C15H21N3O2S2/c1-3-11-10-12-13(22-11)16-15(21-2)18(14(12)19)5-4-17-6-8-20-9-7-17/h10H,3-9H2,1-2H3. The molecule has 5 nitrogen and oxygen atoms in total. The van der Waals surface area contributed by atoms with Gasteiger partial charge >= 0.3 is 0 Å². The molecule has 2 aromatic heterocycles. The van der Waals surface area contributed by atoms with Gasteiger partial charge in [-0.1, -0.05) is 18.7 Å². The lowest BCUT2D eigenvalue weighted by atomic mass is 10.3. The number of thioether (sulfide) groups is 1. The van der Waals surface area contributed by atoms with Crippen molar-refractivity contribution in [3.8, 4) is 0 Å². The lowest BCUT2D eigenvalue weighted by molar-refractivity contribution is 0.0359. The van der Waals surface area contributed by atoms with Gasteiger partial charge in [0.15, 0.2) is 5.16 Å². The second kappa shape index (κ2) is 7.12. The Kier molecular flexibility index (Phi) is 5.18. The van der Waals surface area contributed by atoms with E-state index in [0.717, 1.165) is 54.6 Å². The molecule has 0 amide bonds. The van der Waals surface area contributed by atoms with Crippen molar-refractivity contribution in [3.05, 3.63) is 21.3 Å². The third-order valence-electron chi connectivity index (χ3n) is 3.94. The fourth-order valence-corrected chi connectivity index (χ4v) is 4.23. The maximum absolute atomic E-state index is 12.8. The van der Waals surface area contributed by atoms with Crippen LogP contribution in [0, 0.1) is 0 Å². The second-order valence-electron chi connectivity index (χ2n) is 5.29. The Morgan fingerprint density at radius 3 is 2.82 bits per heavy atom. The number of hydrogen-bond acceptors (Lipinski definition) is 6. The summed E-state index contributed by atoms with van der Waals surface area (Å²) in [6, 6.07) is 2.00. The van der Waals surface area contributed by atoms with E-state index in [1.807, 2.05) is 16.9 Å². The van der Waals surface area contributed by atoms with Crippen molar-refractivity contribution in [1.82, 2.24) is 14.5 Å². The first-order valence-electron chi connectivity index (χ1n) is 7.60. The van der Waals surface area contributed by atoms with E-state index in [-0.39, 0.29) is 5.56 Å². The average Bonchev–Trinajstić information content (AvgIpc) is 2.98. The number of aryl methyl sites for hydroxylation is 1. The molecule has 22 heavy (non-hydrogen) atoms. The van der Waals surface area contributed by atoms with Gasteiger partial charge in [-0.15, -0.1) is 11.3 Å². The first-order valence-corrected chi connectivity index (χ1v) is 9.64. The van der Waals surface area contributed by atoms with Gasteiger partial charge in [-0.05, 0) is 18.7 Å². The van der Waals surface area contributed by atoms with Crippen molar-refractivity contribution < 1.29 is 4.74 Å². The van der Waals surface area contributed by atoms with Gasteiger partial charge in [-0.2, -0.15) is 0 Å². The van der Waals surface area contributed by atoms with Gasteiger partial charge in [0.05, 0.1) is 18.6 Å². The summed E-state index contributed by atoms with van der Waals surface area (Å²) in [4.78, 5) is 21.9. The van der Waals surface area contributed by atoms with E-state index in [4.69, 9.17) is 4.74 Å². The van der Waals surface area contributed by atoms with Crippen molar-refractivity contribution in [2.45, 2.75) is 25.0 Å². The molecular weight excluding hydrogens is 318 g/mol. The normalized spacial score (nSPS) is 16.5. The highest BCUT2D eigenvalue weighted by Crippen LogP contribution is 2.24. The van der Waals surface area contributed by atoms with E-state index in [1.165, 1.54) is 4.88 Å². The molecule has 0 aliphatic carbocycles. The topological polar surface area (TPSA) is 47.4 Å². The van der Waals surface area contributed by atoms with Crippen LogP contribution in [0.5, 0.6) is 0 Å². The Morgan fingerprint density at radius 2 is 2.14 bits per heavy atom. The maximum atomic E-state index is 12.8. The van der Waals surface area contributed by atoms with Crippen LogP contribution >= 0.6 is 23.1 Å². The van der Waals surface area contributed by atoms with Crippen molar-refractivity contribution in [2.24, 2.45) is 0 Å². The van der Waals surface area contributed by atoms with Crippen LogP contribution in [-0.2, 0) is 17.7 Å². The minimum Gasteiger partial charge on any atom is -0.379 e. The first-order chi connectivity index (χ1) is 10.7. The Labute approximate surface area is 138 Å². The van der Waals surface area contributed by atoms with Crippen LogP contribution in [0.2, 0.25) is 0 Å². The highest BCUT2D eigenvalue weighted by Gasteiger charge is 2.15. The van der Waals surface area contributed by atoms with Crippen LogP contribution in [0.15, 0.2) is 16.0 Å². The Balaban J connectivity index is 1.89. The van der Waals surface area contributed by atoms with E-state index >= 15 is 0 Å². The molecular formula is C15H21N3O2S2. The highest BCUT2D eigenvalue weighted by atomic mass is 32.2. The zero-order valence-electron chi connectivity index (χ0n) is 13.0. The largest absolute Gasteiger partial charge is 0.379 e. The lowest BCUT2D eigenvalue weighted by Gasteiger charge is -2.26. The summed E-state index contributed by atoms with van der Waals surface area (Å²) in [7, 11) is 0. The highest BCUT2D eigenvalue weighted by molar-refractivity contribution is 7.98. The molecule has 0 bridgehead atoms. The van der Waals surface area contributed by atoms with Gasteiger partial charge in [0.2, 0.25) is 0 Å². The zero-order chi connectivity index (χ0) is 15.5. The molecule has 120 valence electrons. The van der Waals surface area contributed by atoms with Crippen LogP contribution in [0.3, 0.4) is 0 Å². The predicted molar refractivity (Wildman–Crippen MR) is 92.3 cm³/mol. The zero-order valence-corrected chi connectivity index (χ0v) is 14.6. The molecule has 7 heteroatoms. The predicted octanol–water partition coefficient (Wildman–Crippen LogP) is 2.07. The fraction of sp³-hybridized carbons (Fsp3) is 0.600. The summed E-state index contributed by atoms with van der Waals surface area (Å²) in [6.45, 7) is 7.12. The van der Waals surface area contributed by atoms with Gasteiger partial charge in [0.1, 0.15) is 4.83 Å². The van der Waals surface area contributed by atoms with Crippen LogP contribution in [-0.4, -0.2) is 53.6 Å². The average molecular weight is 339 g/mol. The lowest BCUT2D eigenvalue weighted by Crippen LogP contribution is -2.39. The van der Waals surface area contributed by atoms with Crippen LogP contribution in [0.25, 0.3) is 10.2 Å². The summed E-state index contributed by atoms with van der Waals surface area (Å²) in [5.74, 6) is 0. The Morgan fingerprint density at radius 1 is 1.36 bits per heavy atom. The Bertz CT molecular complexity index is 705. The molecule has 1 saturated heterocycles. The number of hydrogen-bond donors (Lipinski definition) is 0. The summed E-state index contributed by atoms with van der Waals surface area (Å²) >= 11 is 3.17. The molecule has 0 saturated carbocycles. The number of rotatable bonds is 5. The van der Waals surface area contributed by atoms with Crippen molar-refractivity contribution in [1.29, 1.82) is 0 Å². The number of nitrogens with zero attached hydrogens (tertiary/aromatic N) is 3. The Hall–Kier alpha value is -0.890. The van der Waals surface area contributed by atoms with E-state index in [1.54, 1.807) is 23.1 Å². The molecule has 2 aromatic rings. The molecule has 0 atom stereocenters. The van der Waals surface area contributed by atoms with Crippen LogP contribution in [0.1, 0.15) is 11.8 Å². The molecule has 1 aliphatic heterocycles. The number of fused-ring (bicyclic) bond motifs is 1. The van der Waals surface area contributed by atoms with Gasteiger partial charge in [-0.3, -0.25) is 14.3 Å². The quantitative estimate of drug-likeness (QED) is 0.616. The SMILES string of the molecule is CCc1cc2c(=O)n(CCN3CCOCC3)c(SC)nc2s1. The van der Waals surface area contributed by atoms with Crippen molar-refractivity contribution in [3.63, 3.8) is 0 Å². The smallest absolute Gasteiger partial charge is 0.262 e. The molecule has 0 N–H and O–H groups in total. The molecule has 1 fully saturated rings. The van der Waals surface area contributed by atoms with E-state index < -0.39 is 0 Å². The van der Waals surface area contributed by atoms with Gasteiger partial charge < -0.3 is 4.74 Å². The number of thiophene rings is 1. The molecule has 0 aromatic carbocycles. The van der Waals surface area contributed by atoms with E-state index in [0.29, 0.717) is 6.54 Å². The van der Waals surface area contributed by atoms with E-state index in [9.17, 15) is 4.79 Å². The molecule has 3 heterocycles. The minimum absolute atomic E-state index is 0.0959. The second-order valence-corrected chi connectivity index (χ2v) is 7.18. The fourth-order valence-electron chi connectivity index (χ4n) is 2.64. The molecule has 0 unspecified atom stereocenters. The van der Waals surface area contributed by atoms with Gasteiger partial charge in [0.25, 0.3) is 5.56 Å². The van der Waals surface area contributed by atoms with Crippen molar-refractivity contribution >= 4 is 33.3 Å². The number of aromatic nitrogens is 2.